The molecule has 1 N–H and O–H groups in total. The van der Waals surface area contributed by atoms with Gasteiger partial charge in [-0.2, -0.15) is 0 Å². The van der Waals surface area contributed by atoms with Crippen LogP contribution in [0.4, 0.5) is 11.5 Å². The van der Waals surface area contributed by atoms with Crippen LogP contribution in [0, 0.1) is 5.92 Å². The number of ether oxygens (including phenoxy) is 2. The topological polar surface area (TPSA) is 69.2 Å². The Morgan fingerprint density at radius 1 is 0.871 bits per heavy atom. The highest BCUT2D eigenvalue weighted by Crippen LogP contribution is 2.32. The van der Waals surface area contributed by atoms with Crippen LogP contribution in [0.3, 0.4) is 0 Å². The number of anilines is 2. The zero-order valence-corrected chi connectivity index (χ0v) is 17.1. The number of pyridine rings is 3. The van der Waals surface area contributed by atoms with Crippen molar-refractivity contribution >= 4 is 22.5 Å². The lowest BCUT2D eigenvalue weighted by Gasteiger charge is -2.34. The van der Waals surface area contributed by atoms with E-state index in [1.54, 1.807) is 12.4 Å². The Hall–Kier alpha value is -3.51. The van der Waals surface area contributed by atoms with Crippen molar-refractivity contribution in [2.75, 3.05) is 11.9 Å². The second-order valence-electron chi connectivity index (χ2n) is 7.82. The zero-order chi connectivity index (χ0) is 20.9. The summed E-state index contributed by atoms with van der Waals surface area (Å²) in [6.07, 6.45) is 5.70. The third-order valence-corrected chi connectivity index (χ3v) is 5.41. The second kappa shape index (κ2) is 9.10. The number of nitrogens with zero attached hydrogens (tertiary/aromatic N) is 3. The molecule has 0 saturated heterocycles. The first-order valence-corrected chi connectivity index (χ1v) is 10.5. The quantitative estimate of drug-likeness (QED) is 0.432. The van der Waals surface area contributed by atoms with Gasteiger partial charge in [0.05, 0.1) is 24.2 Å². The van der Waals surface area contributed by atoms with Crippen molar-refractivity contribution in [3.05, 3.63) is 84.7 Å². The molecule has 4 aromatic rings. The average Bonchev–Trinajstić information content (AvgIpc) is 2.78. The maximum Gasteiger partial charge on any atom is 0.215 e. The van der Waals surface area contributed by atoms with Gasteiger partial charge in [-0.1, -0.05) is 30.3 Å². The number of benzene rings is 1. The minimum Gasteiger partial charge on any atom is -0.474 e. The van der Waals surface area contributed by atoms with E-state index in [2.05, 4.69) is 32.4 Å². The predicted octanol–water partition coefficient (Wildman–Crippen LogP) is 5.14. The summed E-state index contributed by atoms with van der Waals surface area (Å²) < 4.78 is 11.9. The molecular formula is C25H24N4O2. The van der Waals surface area contributed by atoms with Crippen molar-refractivity contribution in [3.8, 4) is 5.88 Å². The first-order valence-electron chi connectivity index (χ1n) is 10.5. The summed E-state index contributed by atoms with van der Waals surface area (Å²) in [7, 11) is 0. The van der Waals surface area contributed by atoms with Crippen LogP contribution in [0.5, 0.6) is 5.88 Å². The van der Waals surface area contributed by atoms with Gasteiger partial charge in [-0.25, -0.2) is 9.97 Å². The van der Waals surface area contributed by atoms with Gasteiger partial charge in [-0.05, 0) is 54.7 Å². The number of hydrogen-bond acceptors (Lipinski definition) is 6. The first kappa shape index (κ1) is 19.5. The summed E-state index contributed by atoms with van der Waals surface area (Å²) in [4.78, 5) is 13.3. The van der Waals surface area contributed by atoms with E-state index < -0.39 is 0 Å². The van der Waals surface area contributed by atoms with E-state index in [1.807, 2.05) is 54.6 Å². The second-order valence-corrected chi connectivity index (χ2v) is 7.82. The molecule has 1 fully saturated rings. The van der Waals surface area contributed by atoms with Gasteiger partial charge in [-0.3, -0.25) is 4.98 Å². The maximum absolute atomic E-state index is 6.06. The number of fused-ring (bicyclic) bond motifs is 1. The molecular weight excluding hydrogens is 388 g/mol. The Morgan fingerprint density at radius 2 is 1.77 bits per heavy atom. The monoisotopic (exact) mass is 412 g/mol. The van der Waals surface area contributed by atoms with Gasteiger partial charge in [0.25, 0.3) is 0 Å². The minimum atomic E-state index is 0.193. The summed E-state index contributed by atoms with van der Waals surface area (Å²) in [5, 5.41) is 3.32. The minimum absolute atomic E-state index is 0.193. The van der Waals surface area contributed by atoms with Gasteiger partial charge in [0, 0.05) is 24.1 Å². The third-order valence-electron chi connectivity index (χ3n) is 5.41. The highest BCUT2D eigenvalue weighted by Gasteiger charge is 2.31. The van der Waals surface area contributed by atoms with E-state index in [4.69, 9.17) is 9.47 Å². The number of rotatable bonds is 8. The van der Waals surface area contributed by atoms with Crippen LogP contribution < -0.4 is 10.1 Å². The molecule has 3 heterocycles. The van der Waals surface area contributed by atoms with E-state index in [0.717, 1.165) is 42.0 Å². The molecule has 1 saturated carbocycles. The van der Waals surface area contributed by atoms with E-state index >= 15 is 0 Å². The molecule has 1 aliphatic carbocycles. The van der Waals surface area contributed by atoms with E-state index in [9.17, 15) is 0 Å². The van der Waals surface area contributed by atoms with Gasteiger partial charge in [-0.15, -0.1) is 0 Å². The predicted molar refractivity (Wildman–Crippen MR) is 120 cm³/mol. The van der Waals surface area contributed by atoms with Crippen molar-refractivity contribution in [2.45, 2.75) is 25.6 Å². The molecule has 1 aromatic carbocycles. The Morgan fingerprint density at radius 3 is 2.68 bits per heavy atom. The van der Waals surface area contributed by atoms with E-state index in [1.165, 1.54) is 5.56 Å². The highest BCUT2D eigenvalue weighted by molar-refractivity contribution is 5.76. The van der Waals surface area contributed by atoms with Crippen molar-refractivity contribution in [1.29, 1.82) is 0 Å². The lowest BCUT2D eigenvalue weighted by molar-refractivity contribution is -0.00420. The standard InChI is InChI=1S/C25H24N4O2/c1-2-5-18(6-3-1)16-30-17-19-13-21(14-19)31-25-15-20(10-12-27-25)28-24-9-8-22-23(29-24)7-4-11-26-22/h1-12,15,19,21H,13-14,16-17H2,(H,27,28,29). The summed E-state index contributed by atoms with van der Waals surface area (Å²) >= 11 is 0. The molecule has 6 nitrogen and oxygen atoms in total. The molecule has 0 radical (unpaired) electrons. The summed E-state index contributed by atoms with van der Waals surface area (Å²) in [6, 6.07) is 21.8. The highest BCUT2D eigenvalue weighted by atomic mass is 16.5. The van der Waals surface area contributed by atoms with Crippen molar-refractivity contribution < 1.29 is 9.47 Å². The van der Waals surface area contributed by atoms with Gasteiger partial charge < -0.3 is 14.8 Å². The van der Waals surface area contributed by atoms with Crippen molar-refractivity contribution in [3.63, 3.8) is 0 Å². The van der Waals surface area contributed by atoms with Crippen LogP contribution in [0.2, 0.25) is 0 Å². The van der Waals surface area contributed by atoms with Crippen LogP contribution in [0.25, 0.3) is 11.0 Å². The molecule has 0 amide bonds. The summed E-state index contributed by atoms with van der Waals surface area (Å²) in [5.74, 6) is 1.93. The number of aromatic nitrogens is 3. The van der Waals surface area contributed by atoms with E-state index in [0.29, 0.717) is 18.4 Å². The molecule has 5 rings (SSSR count). The zero-order valence-electron chi connectivity index (χ0n) is 17.1. The van der Waals surface area contributed by atoms with Gasteiger partial charge >= 0.3 is 0 Å². The number of nitrogens with one attached hydrogen (secondary N) is 1. The van der Waals surface area contributed by atoms with Crippen molar-refractivity contribution in [1.82, 2.24) is 15.0 Å². The van der Waals surface area contributed by atoms with Gasteiger partial charge in [0.2, 0.25) is 5.88 Å². The number of hydrogen-bond donors (Lipinski definition) is 1. The summed E-state index contributed by atoms with van der Waals surface area (Å²) in [6.45, 7) is 1.43. The lowest BCUT2D eigenvalue weighted by Crippen LogP contribution is -2.36. The largest absolute Gasteiger partial charge is 0.474 e. The summed E-state index contributed by atoms with van der Waals surface area (Å²) in [5.41, 5.74) is 3.83. The fourth-order valence-corrected chi connectivity index (χ4v) is 3.72. The lowest BCUT2D eigenvalue weighted by atomic mass is 9.83. The fraction of sp³-hybridized carbons (Fsp3) is 0.240. The molecule has 3 aromatic heterocycles. The first-order chi connectivity index (χ1) is 15.3. The van der Waals surface area contributed by atoms with Crippen LogP contribution in [0.15, 0.2) is 79.1 Å². The average molecular weight is 412 g/mol. The molecule has 1 aliphatic rings. The Bertz CT molecular complexity index is 1150. The Labute approximate surface area is 181 Å². The molecule has 0 atom stereocenters. The smallest absolute Gasteiger partial charge is 0.215 e. The van der Waals surface area contributed by atoms with Crippen molar-refractivity contribution in [2.24, 2.45) is 5.92 Å². The molecule has 0 spiro atoms. The van der Waals surface area contributed by atoms with Crippen LogP contribution in [0.1, 0.15) is 18.4 Å². The molecule has 31 heavy (non-hydrogen) atoms. The van der Waals surface area contributed by atoms with Gasteiger partial charge in [0.1, 0.15) is 11.9 Å². The normalized spacial score (nSPS) is 17.8. The Kier molecular flexibility index (Phi) is 5.71. The van der Waals surface area contributed by atoms with Crippen LogP contribution >= 0.6 is 0 Å². The van der Waals surface area contributed by atoms with Crippen LogP contribution in [-0.4, -0.2) is 27.7 Å². The molecule has 0 bridgehead atoms. The van der Waals surface area contributed by atoms with E-state index in [-0.39, 0.29) is 6.10 Å². The maximum atomic E-state index is 6.06. The molecule has 0 unspecified atom stereocenters. The fourth-order valence-electron chi connectivity index (χ4n) is 3.72. The molecule has 156 valence electrons. The Balaban J connectivity index is 1.11. The molecule has 0 aliphatic heterocycles. The third kappa shape index (κ3) is 4.98. The SMILES string of the molecule is c1ccc(COCC2CC(Oc3cc(Nc4ccc5ncccc5n4)ccn3)C2)cc1. The van der Waals surface area contributed by atoms with Crippen LogP contribution in [-0.2, 0) is 11.3 Å². The molecule has 6 heteroatoms. The van der Waals surface area contributed by atoms with Gasteiger partial charge in [0.15, 0.2) is 0 Å².